The average Bonchev–Trinajstić information content (AvgIpc) is 2.49. The minimum absolute atomic E-state index is 0.298. The van der Waals surface area contributed by atoms with E-state index in [0.29, 0.717) is 16.0 Å². The van der Waals surface area contributed by atoms with E-state index in [4.69, 9.17) is 5.73 Å². The number of urea groups is 1. The predicted octanol–water partition coefficient (Wildman–Crippen LogP) is 1.01. The summed E-state index contributed by atoms with van der Waals surface area (Å²) in [6, 6.07) is -0.791. The standard InChI is InChI=1S/C10H12N4O2S/c1-4-5(2)17-8-7(4)9(15)14(6(3)12-8)13-10(11)16/h1-3H3,(H3,11,13,16). The van der Waals surface area contributed by atoms with E-state index in [-0.39, 0.29) is 5.56 Å². The first-order chi connectivity index (χ1) is 7.91. The van der Waals surface area contributed by atoms with Gasteiger partial charge in [0.1, 0.15) is 10.7 Å². The number of fused-ring (bicyclic) bond motifs is 1. The SMILES string of the molecule is Cc1sc2nc(C)n(NC(N)=O)c(=O)c2c1C. The fourth-order valence-corrected chi connectivity index (χ4v) is 2.70. The number of nitrogens with two attached hydrogens (primary N) is 1. The molecule has 0 aliphatic carbocycles. The summed E-state index contributed by atoms with van der Waals surface area (Å²) in [5.74, 6) is 0.405. The molecule has 2 heterocycles. The molecule has 0 aliphatic heterocycles. The molecule has 2 rings (SSSR count). The Labute approximate surface area is 101 Å². The molecular weight excluding hydrogens is 240 g/mol. The third-order valence-electron chi connectivity index (χ3n) is 2.59. The van der Waals surface area contributed by atoms with Crippen molar-refractivity contribution >= 4 is 27.6 Å². The highest BCUT2D eigenvalue weighted by Gasteiger charge is 2.14. The van der Waals surface area contributed by atoms with Crippen LogP contribution in [0.5, 0.6) is 0 Å². The minimum atomic E-state index is -0.791. The number of aromatic nitrogens is 2. The van der Waals surface area contributed by atoms with Gasteiger partial charge in [0.2, 0.25) is 0 Å². The number of nitrogens with one attached hydrogen (secondary N) is 1. The number of hydrogen-bond donors (Lipinski definition) is 2. The largest absolute Gasteiger partial charge is 0.350 e. The van der Waals surface area contributed by atoms with Crippen molar-refractivity contribution in [3.63, 3.8) is 0 Å². The monoisotopic (exact) mass is 252 g/mol. The molecule has 0 fully saturated rings. The van der Waals surface area contributed by atoms with Crippen molar-refractivity contribution in [1.29, 1.82) is 0 Å². The van der Waals surface area contributed by atoms with Gasteiger partial charge in [-0.05, 0) is 26.3 Å². The molecule has 17 heavy (non-hydrogen) atoms. The van der Waals surface area contributed by atoms with Crippen LogP contribution in [0.15, 0.2) is 4.79 Å². The van der Waals surface area contributed by atoms with E-state index >= 15 is 0 Å². The van der Waals surface area contributed by atoms with E-state index in [9.17, 15) is 9.59 Å². The lowest BCUT2D eigenvalue weighted by atomic mass is 10.2. The maximum atomic E-state index is 12.2. The summed E-state index contributed by atoms with van der Waals surface area (Å²) in [7, 11) is 0. The molecule has 0 bridgehead atoms. The van der Waals surface area contributed by atoms with Crippen LogP contribution in [0, 0.1) is 20.8 Å². The van der Waals surface area contributed by atoms with E-state index in [0.717, 1.165) is 15.1 Å². The molecule has 0 unspecified atom stereocenters. The lowest BCUT2D eigenvalue weighted by molar-refractivity contribution is 0.256. The second-order valence-corrected chi connectivity index (χ2v) is 4.94. The van der Waals surface area contributed by atoms with Crippen LogP contribution in [-0.4, -0.2) is 15.7 Å². The molecule has 0 radical (unpaired) electrons. The van der Waals surface area contributed by atoms with Crippen LogP contribution in [-0.2, 0) is 0 Å². The van der Waals surface area contributed by atoms with Crippen LogP contribution in [0.3, 0.4) is 0 Å². The van der Waals surface area contributed by atoms with Gasteiger partial charge in [-0.25, -0.2) is 19.9 Å². The van der Waals surface area contributed by atoms with Crippen molar-refractivity contribution < 1.29 is 4.79 Å². The zero-order valence-corrected chi connectivity index (χ0v) is 10.5. The Balaban J connectivity index is 2.83. The molecule has 0 aromatic carbocycles. The smallest absolute Gasteiger partial charge is 0.331 e. The quantitative estimate of drug-likeness (QED) is 0.793. The van der Waals surface area contributed by atoms with Crippen molar-refractivity contribution in [1.82, 2.24) is 9.66 Å². The van der Waals surface area contributed by atoms with Gasteiger partial charge in [-0.15, -0.1) is 11.3 Å². The summed E-state index contributed by atoms with van der Waals surface area (Å²) >= 11 is 1.47. The molecule has 6 nitrogen and oxygen atoms in total. The van der Waals surface area contributed by atoms with Crippen LogP contribution in [0.1, 0.15) is 16.3 Å². The van der Waals surface area contributed by atoms with Crippen LogP contribution in [0.25, 0.3) is 10.2 Å². The number of nitrogens with zero attached hydrogens (tertiary/aromatic N) is 2. The third kappa shape index (κ3) is 1.78. The molecule has 2 amide bonds. The van der Waals surface area contributed by atoms with Gasteiger partial charge in [0.15, 0.2) is 0 Å². The summed E-state index contributed by atoms with van der Waals surface area (Å²) in [6.45, 7) is 5.44. The van der Waals surface area contributed by atoms with Gasteiger partial charge >= 0.3 is 6.03 Å². The van der Waals surface area contributed by atoms with Gasteiger partial charge in [-0.2, -0.15) is 0 Å². The second-order valence-electron chi connectivity index (χ2n) is 3.74. The topological polar surface area (TPSA) is 90.0 Å². The summed E-state index contributed by atoms with van der Waals surface area (Å²) in [5, 5.41) is 0.534. The Bertz CT molecular complexity index is 671. The molecule has 7 heteroatoms. The first kappa shape index (κ1) is 11.6. The van der Waals surface area contributed by atoms with Crippen molar-refractivity contribution in [3.05, 3.63) is 26.6 Å². The van der Waals surface area contributed by atoms with Crippen LogP contribution in [0.2, 0.25) is 0 Å². The van der Waals surface area contributed by atoms with Gasteiger partial charge in [0.05, 0.1) is 5.39 Å². The first-order valence-corrected chi connectivity index (χ1v) is 5.79. The normalized spacial score (nSPS) is 10.8. The zero-order chi connectivity index (χ0) is 12.7. The van der Waals surface area contributed by atoms with Gasteiger partial charge in [-0.3, -0.25) is 4.79 Å². The predicted molar refractivity (Wildman–Crippen MR) is 67.0 cm³/mol. The molecule has 2 aromatic rings. The van der Waals surface area contributed by atoms with Crippen molar-refractivity contribution in [3.8, 4) is 0 Å². The minimum Gasteiger partial charge on any atom is -0.350 e. The van der Waals surface area contributed by atoms with E-state index in [1.165, 1.54) is 11.3 Å². The Morgan fingerprint density at radius 2 is 2.06 bits per heavy atom. The zero-order valence-electron chi connectivity index (χ0n) is 9.70. The highest BCUT2D eigenvalue weighted by molar-refractivity contribution is 7.18. The number of carbonyl (C=O) groups excluding carboxylic acids is 1. The highest BCUT2D eigenvalue weighted by atomic mass is 32.1. The van der Waals surface area contributed by atoms with Crippen LogP contribution in [0.4, 0.5) is 4.79 Å². The number of amides is 2. The lowest BCUT2D eigenvalue weighted by Crippen LogP contribution is -2.38. The number of hydrogen-bond acceptors (Lipinski definition) is 4. The number of primary amides is 1. The molecule has 0 saturated carbocycles. The third-order valence-corrected chi connectivity index (χ3v) is 3.69. The number of rotatable bonds is 1. The van der Waals surface area contributed by atoms with E-state index in [2.05, 4.69) is 10.4 Å². The summed E-state index contributed by atoms with van der Waals surface area (Å²) in [6.07, 6.45) is 0. The first-order valence-electron chi connectivity index (χ1n) is 4.97. The van der Waals surface area contributed by atoms with Crippen molar-refractivity contribution in [2.75, 3.05) is 5.43 Å². The molecule has 3 N–H and O–H groups in total. The Kier molecular flexibility index (Phi) is 2.62. The number of carbonyl (C=O) groups is 1. The Morgan fingerprint density at radius 3 is 2.65 bits per heavy atom. The Morgan fingerprint density at radius 1 is 1.41 bits per heavy atom. The van der Waals surface area contributed by atoms with Crippen molar-refractivity contribution in [2.45, 2.75) is 20.8 Å². The maximum absolute atomic E-state index is 12.2. The van der Waals surface area contributed by atoms with Gasteiger partial charge < -0.3 is 5.73 Å². The molecule has 0 saturated heterocycles. The van der Waals surface area contributed by atoms with Crippen LogP contribution >= 0.6 is 11.3 Å². The van der Waals surface area contributed by atoms with Gasteiger partial charge in [0, 0.05) is 4.88 Å². The fraction of sp³-hybridized carbons (Fsp3) is 0.300. The number of thiophene rings is 1. The van der Waals surface area contributed by atoms with Gasteiger partial charge in [0.25, 0.3) is 5.56 Å². The van der Waals surface area contributed by atoms with E-state index < -0.39 is 6.03 Å². The fourth-order valence-electron chi connectivity index (χ4n) is 1.64. The summed E-state index contributed by atoms with van der Waals surface area (Å²) < 4.78 is 1.07. The maximum Gasteiger partial charge on any atom is 0.331 e. The van der Waals surface area contributed by atoms with E-state index in [1.54, 1.807) is 6.92 Å². The Hall–Kier alpha value is -1.89. The van der Waals surface area contributed by atoms with Crippen molar-refractivity contribution in [2.24, 2.45) is 5.73 Å². The second kappa shape index (κ2) is 3.85. The van der Waals surface area contributed by atoms with Crippen LogP contribution < -0.4 is 16.7 Å². The summed E-state index contributed by atoms with van der Waals surface area (Å²) in [4.78, 5) is 29.0. The molecule has 90 valence electrons. The molecule has 0 aliphatic rings. The number of aryl methyl sites for hydroxylation is 3. The lowest BCUT2D eigenvalue weighted by Gasteiger charge is -2.08. The van der Waals surface area contributed by atoms with E-state index in [1.807, 2.05) is 13.8 Å². The molecule has 0 atom stereocenters. The molecular formula is C10H12N4O2S. The summed E-state index contributed by atoms with van der Waals surface area (Å²) in [5.41, 5.74) is 7.86. The molecule has 0 spiro atoms. The van der Waals surface area contributed by atoms with Gasteiger partial charge in [-0.1, -0.05) is 0 Å². The molecule has 2 aromatic heterocycles. The average molecular weight is 252 g/mol. The highest BCUT2D eigenvalue weighted by Crippen LogP contribution is 2.25.